The average Bonchev–Trinajstić information content (AvgIpc) is 2.56. The van der Waals surface area contributed by atoms with Gasteiger partial charge in [-0.1, -0.05) is 11.6 Å². The highest BCUT2D eigenvalue weighted by Gasteiger charge is 2.11. The number of aromatic nitrogens is 2. The lowest BCUT2D eigenvalue weighted by molar-refractivity contribution is -0.0500. The first-order chi connectivity index (χ1) is 11.5. The highest BCUT2D eigenvalue weighted by Crippen LogP contribution is 2.28. The Kier molecular flexibility index (Phi) is 4.71. The van der Waals surface area contributed by atoms with Gasteiger partial charge in [0, 0.05) is 11.6 Å². The van der Waals surface area contributed by atoms with Crippen molar-refractivity contribution in [2.24, 2.45) is 0 Å². The van der Waals surface area contributed by atoms with Crippen LogP contribution in [-0.4, -0.2) is 16.6 Å². The number of benzene rings is 1. The average molecular weight is 354 g/mol. The molecule has 0 aliphatic carbocycles. The van der Waals surface area contributed by atoms with Gasteiger partial charge in [0.2, 0.25) is 0 Å². The topological polar surface area (TPSA) is 47.0 Å². The summed E-state index contributed by atoms with van der Waals surface area (Å²) in [5, 5.41) is 3.83. The van der Waals surface area contributed by atoms with Crippen molar-refractivity contribution in [3.63, 3.8) is 0 Å². The molecule has 0 saturated carbocycles. The molecular formula is C16H11ClF3N3O. The zero-order valence-electron chi connectivity index (χ0n) is 12.1. The lowest BCUT2D eigenvalue weighted by Gasteiger charge is -2.10. The first-order valence-electron chi connectivity index (χ1n) is 6.91. The number of anilines is 1. The van der Waals surface area contributed by atoms with Crippen LogP contribution in [0.15, 0.2) is 42.7 Å². The molecule has 3 rings (SSSR count). The van der Waals surface area contributed by atoms with Gasteiger partial charge in [-0.2, -0.15) is 8.78 Å². The fourth-order valence-electron chi connectivity index (χ4n) is 2.16. The summed E-state index contributed by atoms with van der Waals surface area (Å²) in [5.41, 5.74) is 0.947. The first-order valence-corrected chi connectivity index (χ1v) is 7.28. The van der Waals surface area contributed by atoms with E-state index in [0.29, 0.717) is 16.1 Å². The van der Waals surface area contributed by atoms with E-state index in [0.717, 1.165) is 0 Å². The van der Waals surface area contributed by atoms with Crippen molar-refractivity contribution in [1.29, 1.82) is 0 Å². The van der Waals surface area contributed by atoms with Gasteiger partial charge in [-0.25, -0.2) is 4.39 Å². The van der Waals surface area contributed by atoms with Crippen LogP contribution in [0.3, 0.4) is 0 Å². The Balaban J connectivity index is 1.75. The SMILES string of the molecule is Fc1c(NCc2ccc(OC(F)F)cn2)ccc2c(Cl)ccnc12. The largest absolute Gasteiger partial charge is 0.433 e. The van der Waals surface area contributed by atoms with Gasteiger partial charge in [0.1, 0.15) is 11.3 Å². The van der Waals surface area contributed by atoms with Crippen LogP contribution in [0.4, 0.5) is 18.9 Å². The van der Waals surface area contributed by atoms with Crippen LogP contribution in [0.5, 0.6) is 5.75 Å². The number of nitrogens with one attached hydrogen (secondary N) is 1. The Hall–Kier alpha value is -2.54. The normalized spacial score (nSPS) is 11.0. The van der Waals surface area contributed by atoms with Gasteiger partial charge >= 0.3 is 6.61 Å². The zero-order valence-corrected chi connectivity index (χ0v) is 12.9. The molecular weight excluding hydrogens is 343 g/mol. The summed E-state index contributed by atoms with van der Waals surface area (Å²) < 4.78 is 42.8. The maximum atomic E-state index is 14.5. The molecule has 0 fully saturated rings. The molecule has 0 radical (unpaired) electrons. The Labute approximate surface area is 140 Å². The van der Waals surface area contributed by atoms with E-state index in [2.05, 4.69) is 20.0 Å². The van der Waals surface area contributed by atoms with Crippen molar-refractivity contribution in [1.82, 2.24) is 9.97 Å². The van der Waals surface area contributed by atoms with E-state index in [9.17, 15) is 13.2 Å². The number of ether oxygens (including phenoxy) is 1. The van der Waals surface area contributed by atoms with Gasteiger partial charge in [-0.15, -0.1) is 0 Å². The van der Waals surface area contributed by atoms with E-state index in [1.54, 1.807) is 18.2 Å². The van der Waals surface area contributed by atoms with Gasteiger partial charge < -0.3 is 10.1 Å². The minimum Gasteiger partial charge on any atom is -0.433 e. The second-order valence-corrected chi connectivity index (χ2v) is 5.24. The molecule has 2 aromatic heterocycles. The molecule has 24 heavy (non-hydrogen) atoms. The van der Waals surface area contributed by atoms with Gasteiger partial charge in [-0.3, -0.25) is 9.97 Å². The monoisotopic (exact) mass is 353 g/mol. The molecule has 0 amide bonds. The molecule has 8 heteroatoms. The molecule has 0 bridgehead atoms. The van der Waals surface area contributed by atoms with Crippen molar-refractivity contribution >= 4 is 28.2 Å². The summed E-state index contributed by atoms with van der Waals surface area (Å²) in [6.45, 7) is -2.69. The molecule has 1 aromatic carbocycles. The zero-order chi connectivity index (χ0) is 17.1. The Morgan fingerprint density at radius 3 is 2.67 bits per heavy atom. The van der Waals surface area contributed by atoms with Crippen molar-refractivity contribution in [3.05, 3.63) is 59.3 Å². The Morgan fingerprint density at radius 1 is 1.12 bits per heavy atom. The number of nitrogens with zero attached hydrogens (tertiary/aromatic N) is 2. The third kappa shape index (κ3) is 3.51. The number of hydrogen-bond acceptors (Lipinski definition) is 4. The van der Waals surface area contributed by atoms with Gasteiger partial charge in [-0.05, 0) is 30.3 Å². The summed E-state index contributed by atoms with van der Waals surface area (Å²) in [6.07, 6.45) is 2.61. The summed E-state index contributed by atoms with van der Waals surface area (Å²) in [7, 11) is 0. The standard InChI is InChI=1S/C16H11ClF3N3O/c17-12-5-6-21-15-11(12)3-4-13(14(15)18)23-7-9-1-2-10(8-22-9)24-16(19)20/h1-6,8,16,23H,7H2. The van der Waals surface area contributed by atoms with E-state index >= 15 is 0 Å². The minimum absolute atomic E-state index is 0.0375. The fraction of sp³-hybridized carbons (Fsp3) is 0.125. The van der Waals surface area contributed by atoms with E-state index < -0.39 is 12.4 Å². The molecule has 0 aliphatic rings. The second-order valence-electron chi connectivity index (χ2n) is 4.83. The van der Waals surface area contributed by atoms with Gasteiger partial charge in [0.05, 0.1) is 29.1 Å². The predicted molar refractivity (Wildman–Crippen MR) is 84.9 cm³/mol. The van der Waals surface area contributed by atoms with E-state index in [4.69, 9.17) is 11.6 Å². The maximum Gasteiger partial charge on any atom is 0.387 e. The quantitative estimate of drug-likeness (QED) is 0.726. The Bertz CT molecular complexity index is 859. The molecule has 0 saturated heterocycles. The molecule has 0 unspecified atom stereocenters. The number of alkyl halides is 2. The minimum atomic E-state index is -2.90. The van der Waals surface area contributed by atoms with E-state index in [1.165, 1.54) is 24.5 Å². The van der Waals surface area contributed by atoms with Crippen LogP contribution in [0.1, 0.15) is 5.69 Å². The van der Waals surface area contributed by atoms with Crippen LogP contribution >= 0.6 is 11.6 Å². The maximum absolute atomic E-state index is 14.5. The van der Waals surface area contributed by atoms with Crippen molar-refractivity contribution in [2.75, 3.05) is 5.32 Å². The number of rotatable bonds is 5. The molecule has 0 aliphatic heterocycles. The van der Waals surface area contributed by atoms with Crippen LogP contribution in [0.2, 0.25) is 5.02 Å². The predicted octanol–water partition coefficient (Wildman–Crippen LogP) is 4.64. The highest BCUT2D eigenvalue weighted by molar-refractivity contribution is 6.35. The highest BCUT2D eigenvalue weighted by atomic mass is 35.5. The molecule has 4 nitrogen and oxygen atoms in total. The van der Waals surface area contributed by atoms with Crippen molar-refractivity contribution < 1.29 is 17.9 Å². The summed E-state index contributed by atoms with van der Waals surface area (Å²) in [4.78, 5) is 7.97. The number of fused-ring (bicyclic) bond motifs is 1. The molecule has 0 spiro atoms. The lowest BCUT2D eigenvalue weighted by Crippen LogP contribution is -2.05. The molecule has 1 N–H and O–H groups in total. The van der Waals surface area contributed by atoms with Gasteiger partial charge in [0.15, 0.2) is 5.82 Å². The molecule has 0 atom stereocenters. The van der Waals surface area contributed by atoms with Crippen LogP contribution in [0, 0.1) is 5.82 Å². The fourth-order valence-corrected chi connectivity index (χ4v) is 2.37. The smallest absolute Gasteiger partial charge is 0.387 e. The number of pyridine rings is 2. The van der Waals surface area contributed by atoms with E-state index in [1.807, 2.05) is 0 Å². The van der Waals surface area contributed by atoms with Crippen LogP contribution < -0.4 is 10.1 Å². The molecule has 3 aromatic rings. The molecule has 2 heterocycles. The Morgan fingerprint density at radius 2 is 1.96 bits per heavy atom. The second kappa shape index (κ2) is 6.92. The van der Waals surface area contributed by atoms with Crippen molar-refractivity contribution in [3.8, 4) is 5.75 Å². The third-order valence-corrected chi connectivity index (χ3v) is 3.61. The lowest BCUT2D eigenvalue weighted by atomic mass is 10.2. The molecule has 124 valence electrons. The summed E-state index contributed by atoms with van der Waals surface area (Å²) in [5.74, 6) is -0.558. The van der Waals surface area contributed by atoms with Crippen molar-refractivity contribution in [2.45, 2.75) is 13.2 Å². The number of halogens is 4. The van der Waals surface area contributed by atoms with Gasteiger partial charge in [0.25, 0.3) is 0 Å². The first kappa shape index (κ1) is 16.3. The van der Waals surface area contributed by atoms with Crippen LogP contribution in [0.25, 0.3) is 10.9 Å². The summed E-state index contributed by atoms with van der Waals surface area (Å²) >= 11 is 6.00. The third-order valence-electron chi connectivity index (χ3n) is 3.28. The van der Waals surface area contributed by atoms with E-state index in [-0.39, 0.29) is 23.5 Å². The summed E-state index contributed by atoms with van der Waals surface area (Å²) in [6, 6.07) is 7.69. The van der Waals surface area contributed by atoms with Crippen LogP contribution in [-0.2, 0) is 6.54 Å². The number of hydrogen-bond donors (Lipinski definition) is 1.